The SMILES string of the molecule is CCCC[n+]1nn(C)nc1Cl. The van der Waals surface area contributed by atoms with Crippen molar-refractivity contribution in [3.8, 4) is 0 Å². The van der Waals surface area contributed by atoms with Crippen LogP contribution in [0.5, 0.6) is 0 Å². The van der Waals surface area contributed by atoms with Gasteiger partial charge >= 0.3 is 5.28 Å². The Labute approximate surface area is 70.8 Å². The first-order valence-corrected chi connectivity index (χ1v) is 4.08. The maximum atomic E-state index is 5.75. The molecule has 1 rings (SSSR count). The third-order valence-electron chi connectivity index (χ3n) is 1.40. The standard InChI is InChI=1S/C6H12ClN4/c1-3-4-5-11-6(7)8-10(2)9-11/h3-5H2,1-2H3/q+1. The maximum absolute atomic E-state index is 5.75. The zero-order valence-electron chi connectivity index (χ0n) is 6.79. The first-order valence-electron chi connectivity index (χ1n) is 3.71. The summed E-state index contributed by atoms with van der Waals surface area (Å²) in [5.74, 6) is 0. The molecule has 0 saturated heterocycles. The maximum Gasteiger partial charge on any atom is 0.393 e. The molecule has 62 valence electrons. The summed E-state index contributed by atoms with van der Waals surface area (Å²) in [6.07, 6.45) is 2.23. The van der Waals surface area contributed by atoms with Crippen molar-refractivity contribution in [3.63, 3.8) is 0 Å². The molecule has 0 aromatic carbocycles. The van der Waals surface area contributed by atoms with Crippen molar-refractivity contribution in [2.75, 3.05) is 0 Å². The van der Waals surface area contributed by atoms with E-state index in [1.807, 2.05) is 0 Å². The average molecular weight is 176 g/mol. The molecule has 0 amide bonds. The molecule has 0 aliphatic carbocycles. The zero-order valence-corrected chi connectivity index (χ0v) is 7.54. The van der Waals surface area contributed by atoms with Crippen LogP contribution in [-0.4, -0.2) is 15.1 Å². The van der Waals surface area contributed by atoms with Crippen molar-refractivity contribution in [2.24, 2.45) is 7.05 Å². The highest BCUT2D eigenvalue weighted by Crippen LogP contribution is 1.93. The number of tetrazole rings is 1. The molecule has 0 radical (unpaired) electrons. The Hall–Kier alpha value is -0.640. The number of halogens is 1. The number of unbranched alkanes of at least 4 members (excludes halogenated alkanes) is 1. The Morgan fingerprint density at radius 3 is 2.82 bits per heavy atom. The minimum absolute atomic E-state index is 0.459. The van der Waals surface area contributed by atoms with Gasteiger partial charge in [0.2, 0.25) is 0 Å². The van der Waals surface area contributed by atoms with E-state index in [1.165, 1.54) is 4.80 Å². The number of hydrogen-bond donors (Lipinski definition) is 0. The van der Waals surface area contributed by atoms with Gasteiger partial charge in [-0.2, -0.15) is 0 Å². The summed E-state index contributed by atoms with van der Waals surface area (Å²) in [6, 6.07) is 0. The molecule has 0 spiro atoms. The van der Waals surface area contributed by atoms with Gasteiger partial charge in [0, 0.05) is 0 Å². The van der Waals surface area contributed by atoms with Crippen LogP contribution in [0.3, 0.4) is 0 Å². The molecule has 0 N–H and O–H groups in total. The van der Waals surface area contributed by atoms with Gasteiger partial charge in [-0.05, 0) is 22.8 Å². The van der Waals surface area contributed by atoms with E-state index >= 15 is 0 Å². The second-order valence-electron chi connectivity index (χ2n) is 2.42. The second-order valence-corrected chi connectivity index (χ2v) is 2.76. The molecule has 1 aromatic rings. The number of aryl methyl sites for hydroxylation is 2. The number of hydrogen-bond acceptors (Lipinski definition) is 2. The summed E-state index contributed by atoms with van der Waals surface area (Å²) in [7, 11) is 1.76. The van der Waals surface area contributed by atoms with Crippen LogP contribution in [0.1, 0.15) is 19.8 Å². The average Bonchev–Trinajstić information content (AvgIpc) is 2.26. The van der Waals surface area contributed by atoms with Crippen LogP contribution in [0.4, 0.5) is 0 Å². The van der Waals surface area contributed by atoms with Crippen LogP contribution in [0.15, 0.2) is 0 Å². The summed E-state index contributed by atoms with van der Waals surface area (Å²) in [5, 5.41) is 8.40. The Kier molecular flexibility index (Phi) is 2.82. The van der Waals surface area contributed by atoms with Gasteiger partial charge in [-0.1, -0.05) is 13.3 Å². The Morgan fingerprint density at radius 1 is 1.64 bits per heavy atom. The predicted octanol–water partition coefficient (Wildman–Crippen LogP) is 0.556. The van der Waals surface area contributed by atoms with Gasteiger partial charge in [-0.25, -0.2) is 0 Å². The minimum atomic E-state index is 0.459. The number of nitrogens with zero attached hydrogens (tertiary/aromatic N) is 4. The van der Waals surface area contributed by atoms with E-state index in [1.54, 1.807) is 11.7 Å². The van der Waals surface area contributed by atoms with Gasteiger partial charge in [-0.15, -0.1) is 4.68 Å². The number of rotatable bonds is 3. The summed E-state index contributed by atoms with van der Waals surface area (Å²) < 4.78 is 1.70. The third-order valence-corrected chi connectivity index (χ3v) is 1.67. The highest BCUT2D eigenvalue weighted by molar-refractivity contribution is 6.27. The summed E-state index contributed by atoms with van der Waals surface area (Å²) in [6.45, 7) is 2.98. The molecule has 1 heterocycles. The van der Waals surface area contributed by atoms with E-state index < -0.39 is 0 Å². The summed E-state index contributed by atoms with van der Waals surface area (Å²) >= 11 is 5.75. The van der Waals surface area contributed by atoms with Crippen molar-refractivity contribution in [1.82, 2.24) is 15.1 Å². The normalized spacial score (nSPS) is 10.5. The van der Waals surface area contributed by atoms with Gasteiger partial charge in [0.25, 0.3) is 0 Å². The predicted molar refractivity (Wildman–Crippen MR) is 41.1 cm³/mol. The lowest BCUT2D eigenvalue weighted by molar-refractivity contribution is -0.754. The van der Waals surface area contributed by atoms with E-state index in [2.05, 4.69) is 17.2 Å². The van der Waals surface area contributed by atoms with Gasteiger partial charge in [0.15, 0.2) is 0 Å². The fraction of sp³-hybridized carbons (Fsp3) is 0.833. The molecule has 4 nitrogen and oxygen atoms in total. The molecule has 0 aliphatic rings. The third kappa shape index (κ3) is 2.15. The zero-order chi connectivity index (χ0) is 8.27. The smallest absolute Gasteiger partial charge is 0.123 e. The summed E-state index contributed by atoms with van der Waals surface area (Å²) in [5.41, 5.74) is 0. The van der Waals surface area contributed by atoms with Gasteiger partial charge in [0.05, 0.1) is 16.9 Å². The molecule has 0 unspecified atom stereocenters. The lowest BCUT2D eigenvalue weighted by Crippen LogP contribution is -2.37. The molecule has 11 heavy (non-hydrogen) atoms. The van der Waals surface area contributed by atoms with Crippen molar-refractivity contribution >= 4 is 11.6 Å². The summed E-state index contributed by atoms with van der Waals surface area (Å²) in [4.78, 5) is 1.47. The van der Waals surface area contributed by atoms with Gasteiger partial charge in [0.1, 0.15) is 7.05 Å². The van der Waals surface area contributed by atoms with Crippen molar-refractivity contribution in [1.29, 1.82) is 0 Å². The van der Waals surface area contributed by atoms with E-state index in [9.17, 15) is 0 Å². The molecule has 0 aliphatic heterocycles. The highest BCUT2D eigenvalue weighted by Gasteiger charge is 2.12. The van der Waals surface area contributed by atoms with E-state index in [4.69, 9.17) is 11.6 Å². The van der Waals surface area contributed by atoms with Crippen LogP contribution in [0, 0.1) is 0 Å². The Bertz CT molecular complexity index is 232. The minimum Gasteiger partial charge on any atom is -0.123 e. The Morgan fingerprint density at radius 2 is 2.36 bits per heavy atom. The molecular weight excluding hydrogens is 164 g/mol. The molecule has 0 atom stereocenters. The van der Waals surface area contributed by atoms with Crippen LogP contribution >= 0.6 is 11.6 Å². The number of aromatic nitrogens is 4. The van der Waals surface area contributed by atoms with Crippen LogP contribution in [-0.2, 0) is 13.6 Å². The first-order chi connectivity index (χ1) is 5.24. The van der Waals surface area contributed by atoms with Crippen molar-refractivity contribution in [2.45, 2.75) is 26.3 Å². The molecule has 0 fully saturated rings. The van der Waals surface area contributed by atoms with Crippen LogP contribution in [0.25, 0.3) is 0 Å². The lowest BCUT2D eigenvalue weighted by atomic mass is 10.3. The van der Waals surface area contributed by atoms with Crippen molar-refractivity contribution < 1.29 is 4.68 Å². The van der Waals surface area contributed by atoms with Crippen LogP contribution in [0.2, 0.25) is 5.28 Å². The lowest BCUT2D eigenvalue weighted by Gasteiger charge is -1.89. The largest absolute Gasteiger partial charge is 0.393 e. The quantitative estimate of drug-likeness (QED) is 0.630. The van der Waals surface area contributed by atoms with Gasteiger partial charge < -0.3 is 0 Å². The van der Waals surface area contributed by atoms with E-state index in [0.29, 0.717) is 5.28 Å². The molecule has 5 heteroatoms. The first kappa shape index (κ1) is 8.46. The van der Waals surface area contributed by atoms with Crippen molar-refractivity contribution in [3.05, 3.63) is 5.28 Å². The van der Waals surface area contributed by atoms with Gasteiger partial charge in [-0.3, -0.25) is 0 Å². The topological polar surface area (TPSA) is 34.6 Å². The van der Waals surface area contributed by atoms with Crippen LogP contribution < -0.4 is 4.68 Å². The fourth-order valence-corrected chi connectivity index (χ4v) is 1.06. The molecular formula is C6H12ClN4+. The van der Waals surface area contributed by atoms with E-state index in [-0.39, 0.29) is 0 Å². The van der Waals surface area contributed by atoms with E-state index in [0.717, 1.165) is 19.4 Å². The Balaban J connectivity index is 2.62. The molecule has 0 saturated carbocycles. The molecule has 0 bridgehead atoms. The fourth-order valence-electron chi connectivity index (χ4n) is 0.829. The molecule has 1 aromatic heterocycles. The second kappa shape index (κ2) is 3.67. The highest BCUT2D eigenvalue weighted by atomic mass is 35.5. The monoisotopic (exact) mass is 175 g/mol.